The van der Waals surface area contributed by atoms with Crippen LogP contribution in [0.15, 0.2) is 36.5 Å². The van der Waals surface area contributed by atoms with Crippen LogP contribution in [0.3, 0.4) is 0 Å². The van der Waals surface area contributed by atoms with Crippen molar-refractivity contribution in [2.45, 2.75) is 40.2 Å². The van der Waals surface area contributed by atoms with Gasteiger partial charge in [-0.3, -0.25) is 9.59 Å². The average Bonchev–Trinajstić information content (AvgIpc) is 3.06. The lowest BCUT2D eigenvalue weighted by Crippen LogP contribution is -2.26. The lowest BCUT2D eigenvalue weighted by molar-refractivity contribution is -0.115. The summed E-state index contributed by atoms with van der Waals surface area (Å²) in [5.74, 6) is -0.256. The van der Waals surface area contributed by atoms with Crippen LogP contribution in [0.4, 0.5) is 5.69 Å². The predicted molar refractivity (Wildman–Crippen MR) is 104 cm³/mol. The molecule has 3 rings (SSSR count). The summed E-state index contributed by atoms with van der Waals surface area (Å²) in [6.07, 6.45) is 1.97. The van der Waals surface area contributed by atoms with Gasteiger partial charge in [0.25, 0.3) is 5.91 Å². The monoisotopic (exact) mass is 365 g/mol. The van der Waals surface area contributed by atoms with Crippen LogP contribution >= 0.6 is 0 Å². The molecule has 1 unspecified atom stereocenters. The summed E-state index contributed by atoms with van der Waals surface area (Å²) in [6.45, 7) is 7.54. The molecule has 2 amide bonds. The number of amides is 2. The average molecular weight is 365 g/mol. The zero-order valence-electron chi connectivity index (χ0n) is 15.9. The molecule has 0 aliphatic carbocycles. The molecule has 0 radical (unpaired) electrons. The van der Waals surface area contributed by atoms with Gasteiger partial charge < -0.3 is 10.6 Å². The Bertz CT molecular complexity index is 992. The summed E-state index contributed by atoms with van der Waals surface area (Å²) in [6, 6.07) is 9.15. The smallest absolute Gasteiger partial charge is 0.257 e. The van der Waals surface area contributed by atoms with Crippen LogP contribution in [0.2, 0.25) is 0 Å². The number of hydrogen-bond acceptors (Lipinski definition) is 4. The van der Waals surface area contributed by atoms with Crippen molar-refractivity contribution in [3.63, 3.8) is 0 Å². The second kappa shape index (κ2) is 7.57. The van der Waals surface area contributed by atoms with E-state index in [1.807, 2.05) is 51.1 Å². The Balaban J connectivity index is 1.75. The summed E-state index contributed by atoms with van der Waals surface area (Å²) in [5.41, 5.74) is 4.44. The third kappa shape index (κ3) is 3.97. The Morgan fingerprint density at radius 2 is 1.89 bits per heavy atom. The van der Waals surface area contributed by atoms with Crippen LogP contribution in [-0.4, -0.2) is 26.4 Å². The molecule has 2 aromatic heterocycles. The number of hydrogen-bond donors (Lipinski definition) is 2. The van der Waals surface area contributed by atoms with Crippen LogP contribution < -0.4 is 10.6 Å². The lowest BCUT2D eigenvalue weighted by Gasteiger charge is -2.14. The summed E-state index contributed by atoms with van der Waals surface area (Å²) >= 11 is 0. The van der Waals surface area contributed by atoms with Gasteiger partial charge in [0.2, 0.25) is 5.91 Å². The van der Waals surface area contributed by atoms with Gasteiger partial charge in [-0.15, -0.1) is 0 Å². The van der Waals surface area contributed by atoms with Gasteiger partial charge in [-0.1, -0.05) is 19.1 Å². The third-order valence-corrected chi connectivity index (χ3v) is 4.39. The fourth-order valence-corrected chi connectivity index (χ4v) is 2.89. The molecule has 0 saturated heterocycles. The third-order valence-electron chi connectivity index (χ3n) is 4.39. The molecule has 0 bridgehead atoms. The largest absolute Gasteiger partial charge is 0.345 e. The number of benzene rings is 1. The first kappa shape index (κ1) is 18.6. The van der Waals surface area contributed by atoms with Crippen LogP contribution in [0, 0.1) is 13.8 Å². The van der Waals surface area contributed by atoms with E-state index in [1.54, 1.807) is 17.6 Å². The van der Waals surface area contributed by atoms with Crippen molar-refractivity contribution < 1.29 is 9.59 Å². The molecule has 1 aromatic carbocycles. The van der Waals surface area contributed by atoms with Gasteiger partial charge in [-0.2, -0.15) is 5.10 Å². The van der Waals surface area contributed by atoms with Crippen molar-refractivity contribution in [3.8, 4) is 0 Å². The number of aryl methyl sites for hydroxylation is 2. The molecule has 0 fully saturated rings. The van der Waals surface area contributed by atoms with Gasteiger partial charge in [-0.05, 0) is 44.5 Å². The molecule has 2 N–H and O–H groups in total. The van der Waals surface area contributed by atoms with Gasteiger partial charge >= 0.3 is 0 Å². The first-order valence-electron chi connectivity index (χ1n) is 8.91. The Labute approximate surface area is 157 Å². The van der Waals surface area contributed by atoms with Crippen LogP contribution in [0.25, 0.3) is 5.65 Å². The number of nitrogens with one attached hydrogen (secondary N) is 2. The van der Waals surface area contributed by atoms with Crippen molar-refractivity contribution in [1.82, 2.24) is 19.9 Å². The van der Waals surface area contributed by atoms with Gasteiger partial charge in [0.15, 0.2) is 5.65 Å². The molecule has 140 valence electrons. The van der Waals surface area contributed by atoms with Gasteiger partial charge in [0.05, 0.1) is 12.2 Å². The molecular formula is C20H23N5O2. The van der Waals surface area contributed by atoms with E-state index in [0.29, 0.717) is 17.6 Å². The molecule has 0 aliphatic heterocycles. The Morgan fingerprint density at radius 3 is 2.56 bits per heavy atom. The maximum absolute atomic E-state index is 12.7. The van der Waals surface area contributed by atoms with Gasteiger partial charge in [0.1, 0.15) is 5.56 Å². The Morgan fingerprint density at radius 1 is 1.19 bits per heavy atom. The molecule has 2 heterocycles. The highest BCUT2D eigenvalue weighted by atomic mass is 16.2. The fraction of sp³-hybridized carbons (Fsp3) is 0.300. The SMILES string of the molecule is CCC(=O)Nc1ccc(C(C)NC(=O)c2cnn3c(C)cc(C)nc23)cc1. The second-order valence-corrected chi connectivity index (χ2v) is 6.55. The molecule has 7 heteroatoms. The highest BCUT2D eigenvalue weighted by molar-refractivity contribution is 5.99. The van der Waals surface area contributed by atoms with Crippen LogP contribution in [-0.2, 0) is 4.79 Å². The summed E-state index contributed by atoms with van der Waals surface area (Å²) in [4.78, 5) is 28.6. The number of anilines is 1. The first-order valence-corrected chi connectivity index (χ1v) is 8.91. The Hall–Kier alpha value is -3.22. The number of rotatable bonds is 5. The normalized spacial score (nSPS) is 12.0. The molecule has 27 heavy (non-hydrogen) atoms. The number of carbonyl (C=O) groups excluding carboxylic acids is 2. The second-order valence-electron chi connectivity index (χ2n) is 6.55. The predicted octanol–water partition coefficient (Wildman–Crippen LogP) is 3.19. The quantitative estimate of drug-likeness (QED) is 0.727. The van der Waals surface area contributed by atoms with Crippen LogP contribution in [0.1, 0.15) is 53.6 Å². The van der Waals surface area contributed by atoms with Crippen LogP contribution in [0.5, 0.6) is 0 Å². The van der Waals surface area contributed by atoms with Crippen molar-refractivity contribution in [1.29, 1.82) is 0 Å². The first-order chi connectivity index (χ1) is 12.9. The molecule has 1 atom stereocenters. The van der Waals surface area contributed by atoms with E-state index in [0.717, 1.165) is 22.6 Å². The maximum atomic E-state index is 12.7. The zero-order valence-corrected chi connectivity index (χ0v) is 15.9. The molecular weight excluding hydrogens is 342 g/mol. The molecule has 7 nitrogen and oxygen atoms in total. The van der Waals surface area contributed by atoms with Gasteiger partial charge in [-0.25, -0.2) is 9.50 Å². The van der Waals surface area contributed by atoms with E-state index in [1.165, 1.54) is 0 Å². The maximum Gasteiger partial charge on any atom is 0.257 e. The van der Waals surface area contributed by atoms with E-state index < -0.39 is 0 Å². The highest BCUT2D eigenvalue weighted by Crippen LogP contribution is 2.18. The Kier molecular flexibility index (Phi) is 5.21. The van der Waals surface area contributed by atoms with Crippen molar-refractivity contribution in [2.75, 3.05) is 5.32 Å². The minimum atomic E-state index is -0.224. The zero-order chi connectivity index (χ0) is 19.6. The van der Waals surface area contributed by atoms with E-state index in [9.17, 15) is 9.59 Å². The topological polar surface area (TPSA) is 88.4 Å². The minimum Gasteiger partial charge on any atom is -0.345 e. The van der Waals surface area contributed by atoms with E-state index in [4.69, 9.17) is 0 Å². The molecule has 0 saturated carbocycles. The molecule has 3 aromatic rings. The number of carbonyl (C=O) groups is 2. The minimum absolute atomic E-state index is 0.0322. The van der Waals surface area contributed by atoms with Crippen molar-refractivity contribution in [3.05, 3.63) is 59.0 Å². The van der Waals surface area contributed by atoms with E-state index in [-0.39, 0.29) is 17.9 Å². The molecule has 0 spiro atoms. The highest BCUT2D eigenvalue weighted by Gasteiger charge is 2.18. The number of nitrogens with zero attached hydrogens (tertiary/aromatic N) is 3. The number of aromatic nitrogens is 3. The summed E-state index contributed by atoms with van der Waals surface area (Å²) < 4.78 is 1.66. The standard InChI is InChI=1S/C20H23N5O2/c1-5-18(26)24-16-8-6-15(7-9-16)14(4)23-20(27)17-11-21-25-13(3)10-12(2)22-19(17)25/h6-11,14H,5H2,1-4H3,(H,23,27)(H,24,26). The van der Waals surface area contributed by atoms with Crippen molar-refractivity contribution in [2.24, 2.45) is 0 Å². The van der Waals surface area contributed by atoms with Gasteiger partial charge in [0, 0.05) is 23.5 Å². The lowest BCUT2D eigenvalue weighted by atomic mass is 10.1. The summed E-state index contributed by atoms with van der Waals surface area (Å²) in [5, 5.41) is 10.0. The summed E-state index contributed by atoms with van der Waals surface area (Å²) in [7, 11) is 0. The fourth-order valence-electron chi connectivity index (χ4n) is 2.89. The number of fused-ring (bicyclic) bond motifs is 1. The molecule has 0 aliphatic rings. The van der Waals surface area contributed by atoms with E-state index in [2.05, 4.69) is 20.7 Å². The van der Waals surface area contributed by atoms with E-state index >= 15 is 0 Å². The van der Waals surface area contributed by atoms with Crippen molar-refractivity contribution >= 4 is 23.1 Å².